The highest BCUT2D eigenvalue weighted by atomic mass is 32.2. The number of nitrogens with zero attached hydrogens (tertiary/aromatic N) is 1. The molecular formula is C5H6N2OS. The first-order valence-electron chi connectivity index (χ1n) is 2.45. The molecule has 0 aromatic carbocycles. The fraction of sp³-hybridized carbons (Fsp3) is 0.200. The Morgan fingerprint density at radius 3 is 3.33 bits per heavy atom. The highest BCUT2D eigenvalue weighted by molar-refractivity contribution is 8.02. The highest BCUT2D eigenvalue weighted by Crippen LogP contribution is 2.06. The molecule has 1 aliphatic heterocycles. The van der Waals surface area contributed by atoms with Gasteiger partial charge < -0.3 is 5.73 Å². The maximum absolute atomic E-state index is 10.6. The van der Waals surface area contributed by atoms with E-state index in [0.717, 1.165) is 5.75 Å². The summed E-state index contributed by atoms with van der Waals surface area (Å²) in [5.41, 5.74) is 5.49. The lowest BCUT2D eigenvalue weighted by Crippen LogP contribution is -2.06. The van der Waals surface area contributed by atoms with Gasteiger partial charge in [-0.25, -0.2) is 4.99 Å². The second-order valence-corrected chi connectivity index (χ2v) is 2.43. The van der Waals surface area contributed by atoms with Crippen LogP contribution in [0, 0.1) is 0 Å². The largest absolute Gasteiger partial charge is 0.394 e. The topological polar surface area (TPSA) is 55.4 Å². The number of carbonyl (C=O) groups excluding carboxylic acids is 1. The third-order valence-electron chi connectivity index (χ3n) is 0.837. The van der Waals surface area contributed by atoms with Crippen LogP contribution in [-0.4, -0.2) is 17.9 Å². The molecular weight excluding hydrogens is 136 g/mol. The van der Waals surface area contributed by atoms with Gasteiger partial charge in [0.15, 0.2) is 0 Å². The first kappa shape index (κ1) is 6.35. The van der Waals surface area contributed by atoms with Crippen molar-refractivity contribution in [3.05, 3.63) is 11.1 Å². The van der Waals surface area contributed by atoms with Crippen molar-refractivity contribution in [2.45, 2.75) is 0 Å². The van der Waals surface area contributed by atoms with E-state index in [1.165, 1.54) is 11.8 Å². The Morgan fingerprint density at radius 1 is 1.78 bits per heavy atom. The Labute approximate surface area is 57.0 Å². The molecule has 4 heteroatoms. The first-order chi connectivity index (χ1) is 4.30. The van der Waals surface area contributed by atoms with E-state index in [0.29, 0.717) is 0 Å². The lowest BCUT2D eigenvalue weighted by molar-refractivity contribution is -0.114. The van der Waals surface area contributed by atoms with Crippen LogP contribution in [0.25, 0.3) is 0 Å². The molecule has 9 heavy (non-hydrogen) atoms. The predicted molar refractivity (Wildman–Crippen MR) is 38.2 cm³/mol. The van der Waals surface area contributed by atoms with Gasteiger partial charge in [0.1, 0.15) is 5.70 Å². The van der Waals surface area contributed by atoms with Crippen LogP contribution in [0.4, 0.5) is 0 Å². The van der Waals surface area contributed by atoms with Crippen LogP contribution in [-0.2, 0) is 4.79 Å². The van der Waals surface area contributed by atoms with Gasteiger partial charge >= 0.3 is 0 Å². The van der Waals surface area contributed by atoms with E-state index in [-0.39, 0.29) is 11.6 Å². The number of nitrogens with two attached hydrogens (primary N) is 1. The average Bonchev–Trinajstić information content (AvgIpc) is 1.99. The smallest absolute Gasteiger partial charge is 0.293 e. The second kappa shape index (κ2) is 2.68. The standard InChI is InChI=1S/C5H6N2OS/c6-4-3-9-2-1-7-5(4)8/h1,3H,2,6H2. The van der Waals surface area contributed by atoms with Crippen LogP contribution in [0.1, 0.15) is 0 Å². The summed E-state index contributed by atoms with van der Waals surface area (Å²) in [7, 11) is 0. The second-order valence-electron chi connectivity index (χ2n) is 1.52. The number of aliphatic imine (C=N–C) groups is 1. The third-order valence-corrected chi connectivity index (χ3v) is 1.60. The summed E-state index contributed by atoms with van der Waals surface area (Å²) in [5, 5.41) is 1.62. The molecule has 1 aliphatic rings. The minimum absolute atomic E-state index is 0.230. The van der Waals surface area contributed by atoms with Crippen molar-refractivity contribution in [3.8, 4) is 0 Å². The van der Waals surface area contributed by atoms with E-state index < -0.39 is 0 Å². The minimum atomic E-state index is -0.333. The molecule has 2 N–H and O–H groups in total. The van der Waals surface area contributed by atoms with Crippen LogP contribution in [0.3, 0.4) is 0 Å². The lowest BCUT2D eigenvalue weighted by atomic mass is 10.5. The van der Waals surface area contributed by atoms with E-state index in [1.54, 1.807) is 11.6 Å². The molecule has 48 valence electrons. The molecule has 1 heterocycles. The molecule has 0 aromatic heterocycles. The van der Waals surface area contributed by atoms with Crippen molar-refractivity contribution < 1.29 is 4.79 Å². The number of rotatable bonds is 0. The quantitative estimate of drug-likeness (QED) is 0.523. The van der Waals surface area contributed by atoms with E-state index in [4.69, 9.17) is 5.73 Å². The number of amides is 1. The van der Waals surface area contributed by atoms with Gasteiger partial charge in [-0.05, 0) is 5.41 Å². The fourth-order valence-corrected chi connectivity index (χ4v) is 0.963. The summed E-state index contributed by atoms with van der Waals surface area (Å²) in [5.74, 6) is 0.395. The molecule has 0 bridgehead atoms. The molecule has 3 nitrogen and oxygen atoms in total. The zero-order chi connectivity index (χ0) is 6.69. The van der Waals surface area contributed by atoms with Gasteiger partial charge in [0.25, 0.3) is 5.91 Å². The summed E-state index contributed by atoms with van der Waals surface area (Å²) in [6.45, 7) is 0. The molecule has 0 aromatic rings. The van der Waals surface area contributed by atoms with Crippen molar-refractivity contribution in [2.75, 3.05) is 5.75 Å². The Balaban J connectivity index is 2.78. The minimum Gasteiger partial charge on any atom is -0.394 e. The molecule has 1 rings (SSSR count). The molecule has 0 spiro atoms. The number of hydrogen-bond donors (Lipinski definition) is 1. The molecule has 0 saturated carbocycles. The van der Waals surface area contributed by atoms with Gasteiger partial charge in [0.05, 0.1) is 0 Å². The van der Waals surface area contributed by atoms with Gasteiger partial charge in [-0.15, -0.1) is 11.8 Å². The number of thioether (sulfide) groups is 1. The van der Waals surface area contributed by atoms with Crippen LogP contribution < -0.4 is 5.73 Å². The first-order valence-corrected chi connectivity index (χ1v) is 3.49. The molecule has 0 radical (unpaired) electrons. The van der Waals surface area contributed by atoms with Crippen molar-refractivity contribution in [2.24, 2.45) is 10.7 Å². The van der Waals surface area contributed by atoms with E-state index in [9.17, 15) is 4.79 Å². The Morgan fingerprint density at radius 2 is 2.56 bits per heavy atom. The number of carbonyl (C=O) groups is 1. The molecule has 0 fully saturated rings. The fourth-order valence-electron chi connectivity index (χ4n) is 0.426. The van der Waals surface area contributed by atoms with Gasteiger partial charge in [0, 0.05) is 12.0 Å². The predicted octanol–water partition coefficient (Wildman–Crippen LogP) is 0.131. The Kier molecular flexibility index (Phi) is 1.89. The molecule has 0 aliphatic carbocycles. The monoisotopic (exact) mass is 142 g/mol. The summed E-state index contributed by atoms with van der Waals surface area (Å²) < 4.78 is 0. The third kappa shape index (κ3) is 1.57. The maximum atomic E-state index is 10.6. The van der Waals surface area contributed by atoms with Gasteiger partial charge in [-0.3, -0.25) is 4.79 Å². The summed E-state index contributed by atoms with van der Waals surface area (Å²) in [4.78, 5) is 14.1. The van der Waals surface area contributed by atoms with E-state index in [1.807, 2.05) is 0 Å². The Hall–Kier alpha value is -0.770. The van der Waals surface area contributed by atoms with Crippen molar-refractivity contribution in [3.63, 3.8) is 0 Å². The van der Waals surface area contributed by atoms with Crippen molar-refractivity contribution in [1.82, 2.24) is 0 Å². The van der Waals surface area contributed by atoms with Gasteiger partial charge in [0.2, 0.25) is 0 Å². The maximum Gasteiger partial charge on any atom is 0.293 e. The molecule has 0 atom stereocenters. The lowest BCUT2D eigenvalue weighted by Gasteiger charge is -1.86. The van der Waals surface area contributed by atoms with Crippen LogP contribution in [0.2, 0.25) is 0 Å². The number of hydrogen-bond acceptors (Lipinski definition) is 3. The summed E-state index contributed by atoms with van der Waals surface area (Å²) in [6, 6.07) is 0. The SMILES string of the molecule is NC1=CSCC=NC1=O. The van der Waals surface area contributed by atoms with Crippen LogP contribution in [0.15, 0.2) is 16.1 Å². The van der Waals surface area contributed by atoms with Crippen LogP contribution in [0.5, 0.6) is 0 Å². The molecule has 0 saturated heterocycles. The van der Waals surface area contributed by atoms with Crippen LogP contribution >= 0.6 is 11.8 Å². The van der Waals surface area contributed by atoms with E-state index >= 15 is 0 Å². The summed E-state index contributed by atoms with van der Waals surface area (Å²) in [6.07, 6.45) is 1.56. The normalized spacial score (nSPS) is 19.1. The zero-order valence-electron chi connectivity index (χ0n) is 4.70. The van der Waals surface area contributed by atoms with Gasteiger partial charge in [-0.1, -0.05) is 0 Å². The Bertz CT molecular complexity index is 185. The average molecular weight is 142 g/mol. The highest BCUT2D eigenvalue weighted by Gasteiger charge is 2.03. The molecule has 1 amide bonds. The zero-order valence-corrected chi connectivity index (χ0v) is 5.52. The van der Waals surface area contributed by atoms with Crippen molar-refractivity contribution in [1.29, 1.82) is 0 Å². The van der Waals surface area contributed by atoms with Crippen molar-refractivity contribution >= 4 is 23.9 Å². The van der Waals surface area contributed by atoms with Gasteiger partial charge in [-0.2, -0.15) is 0 Å². The molecule has 0 unspecified atom stereocenters. The summed E-state index contributed by atoms with van der Waals surface area (Å²) >= 11 is 1.47. The van der Waals surface area contributed by atoms with E-state index in [2.05, 4.69) is 4.99 Å².